The normalized spacial score (nSPS) is 21.5. The van der Waals surface area contributed by atoms with Crippen molar-refractivity contribution in [1.29, 1.82) is 0 Å². The van der Waals surface area contributed by atoms with Gasteiger partial charge in [0.2, 0.25) is 0 Å². The summed E-state index contributed by atoms with van der Waals surface area (Å²) in [6.45, 7) is 3.35. The Hall–Kier alpha value is -5.19. The van der Waals surface area contributed by atoms with Crippen LogP contribution in [0.25, 0.3) is 0 Å². The van der Waals surface area contributed by atoms with Gasteiger partial charge in [0.05, 0.1) is 80.3 Å². The first kappa shape index (κ1) is 34.9. The summed E-state index contributed by atoms with van der Waals surface area (Å²) >= 11 is 0. The number of hydrogen-bond donors (Lipinski definition) is 4. The molecule has 3 saturated heterocycles. The molecule has 0 saturated carbocycles. The van der Waals surface area contributed by atoms with Crippen LogP contribution in [-0.2, 0) is 14.3 Å². The Balaban J connectivity index is 1.09. The van der Waals surface area contributed by atoms with E-state index in [1.165, 1.54) is 12.1 Å². The van der Waals surface area contributed by atoms with E-state index < -0.39 is 23.2 Å². The minimum absolute atomic E-state index is 0.0646. The first-order chi connectivity index (χ1) is 25.7. The van der Waals surface area contributed by atoms with E-state index in [4.69, 9.17) is 9.47 Å². The maximum Gasteiger partial charge on any atom is 0.325 e. The van der Waals surface area contributed by atoms with Crippen LogP contribution >= 0.6 is 0 Å². The largest absolute Gasteiger partial charge is 0.381 e. The molecule has 1 amide bonds. The molecule has 16 heteroatoms. The van der Waals surface area contributed by atoms with E-state index in [1.54, 1.807) is 18.5 Å². The lowest BCUT2D eigenvalue weighted by Gasteiger charge is -2.47. The number of pyridine rings is 2. The van der Waals surface area contributed by atoms with Crippen molar-refractivity contribution >= 4 is 40.3 Å². The van der Waals surface area contributed by atoms with Crippen LogP contribution in [0.4, 0.5) is 43.2 Å². The number of carbonyl (C=O) groups is 1. The number of nitrogens with one attached hydrogen (secondary N) is 4. The van der Waals surface area contributed by atoms with Crippen molar-refractivity contribution in [3.05, 3.63) is 84.7 Å². The average Bonchev–Trinajstić information content (AvgIpc) is 3.84. The molecule has 0 bridgehead atoms. The summed E-state index contributed by atoms with van der Waals surface area (Å²) in [7, 11) is 3.71. The third-order valence-electron chi connectivity index (χ3n) is 10.6. The number of rotatable bonds is 10. The number of quaternary nitrogens is 1. The maximum atomic E-state index is 15.8. The number of halogens is 2. The van der Waals surface area contributed by atoms with E-state index in [1.807, 2.05) is 48.0 Å². The van der Waals surface area contributed by atoms with Crippen LogP contribution in [0.1, 0.15) is 44.2 Å². The van der Waals surface area contributed by atoms with Crippen LogP contribution < -0.4 is 21.3 Å². The molecule has 0 aromatic carbocycles. The standard InChI is InChI=1S/C37H44F2N11O3/c1-50(2)11-5-24-4-3-10-37(35(24)36(50)51,46-31-16-33(40-20-29(31)38)44-25-18-42-48(22-25)27-6-12-52-13-7-27)47-32-17-34(41-21-30(32)39)45-26-19-43-49(23-26)28-8-14-53-15-9-28/h3-4,10,16-23,27-28,35H,5-9,11-15H2,1-2H3,(H2,40,44,46)(H2,41,45,47)/q+1. The van der Waals surface area contributed by atoms with Crippen molar-refractivity contribution in [2.24, 2.45) is 5.92 Å². The lowest BCUT2D eigenvalue weighted by atomic mass is 9.76. The molecule has 3 fully saturated rings. The zero-order valence-corrected chi connectivity index (χ0v) is 29.8. The summed E-state index contributed by atoms with van der Waals surface area (Å²) < 4.78 is 46.4. The second kappa shape index (κ2) is 14.3. The van der Waals surface area contributed by atoms with Crippen LogP contribution in [0.5, 0.6) is 0 Å². The molecular weight excluding hydrogens is 684 g/mol. The highest BCUT2D eigenvalue weighted by molar-refractivity contribution is 5.82. The van der Waals surface area contributed by atoms with E-state index in [9.17, 15) is 4.79 Å². The number of allylic oxidation sites excluding steroid dienone is 2. The van der Waals surface area contributed by atoms with Gasteiger partial charge >= 0.3 is 5.91 Å². The minimum atomic E-state index is -1.47. The quantitative estimate of drug-likeness (QED) is 0.118. The zero-order valence-electron chi connectivity index (χ0n) is 29.8. The predicted octanol–water partition coefficient (Wildman–Crippen LogP) is 5.68. The van der Waals surface area contributed by atoms with Gasteiger partial charge in [-0.1, -0.05) is 12.2 Å². The van der Waals surface area contributed by atoms with Crippen molar-refractivity contribution < 1.29 is 27.5 Å². The summed E-state index contributed by atoms with van der Waals surface area (Å²) in [5.74, 6) is -1.47. The molecule has 8 rings (SSSR count). The second-order valence-electron chi connectivity index (χ2n) is 14.6. The first-order valence-electron chi connectivity index (χ1n) is 18.1. The Labute approximate surface area is 305 Å². The van der Waals surface area contributed by atoms with Gasteiger partial charge in [0.15, 0.2) is 11.6 Å². The SMILES string of the molecule is C[N+]1(C)CCC2=CC=CC(Nc3cc(Nc4cnn(C5CCOCC5)c4)ncc3F)(Nc3cc(Nc4cnn(C5CCOCC5)c4)ncc3F)C2C1=O. The highest BCUT2D eigenvalue weighted by Gasteiger charge is 2.54. The van der Waals surface area contributed by atoms with Gasteiger partial charge < -0.3 is 30.7 Å². The Bertz CT molecular complexity index is 1920. The minimum Gasteiger partial charge on any atom is -0.381 e. The van der Waals surface area contributed by atoms with E-state index in [2.05, 4.69) is 41.4 Å². The molecule has 4 N–H and O–H groups in total. The topological polar surface area (TPSA) is 145 Å². The summed E-state index contributed by atoms with van der Waals surface area (Å²) in [5.41, 5.74) is 0.894. The molecule has 3 aliphatic heterocycles. The van der Waals surface area contributed by atoms with E-state index in [-0.39, 0.29) is 33.8 Å². The molecule has 53 heavy (non-hydrogen) atoms. The molecule has 7 heterocycles. The number of carbonyl (C=O) groups excluding carboxylic acids is 1. The molecule has 14 nitrogen and oxygen atoms in total. The molecule has 1 aliphatic carbocycles. The van der Waals surface area contributed by atoms with Gasteiger partial charge in [-0.3, -0.25) is 13.8 Å². The molecular formula is C37H44F2N11O3+. The highest BCUT2D eigenvalue weighted by atomic mass is 19.1. The number of anilines is 6. The molecule has 4 aliphatic rings. The summed E-state index contributed by atoms with van der Waals surface area (Å²) in [4.78, 5) is 22.8. The number of piperidine rings is 1. The average molecular weight is 729 g/mol. The van der Waals surface area contributed by atoms with E-state index in [0.29, 0.717) is 62.4 Å². The third-order valence-corrected chi connectivity index (χ3v) is 10.6. The van der Waals surface area contributed by atoms with Crippen molar-refractivity contribution in [2.75, 3.05) is 68.3 Å². The van der Waals surface area contributed by atoms with Gasteiger partial charge in [-0.15, -0.1) is 0 Å². The number of hydrogen-bond acceptors (Lipinski definition) is 11. The predicted molar refractivity (Wildman–Crippen MR) is 195 cm³/mol. The highest BCUT2D eigenvalue weighted by Crippen LogP contribution is 2.42. The molecule has 4 aromatic heterocycles. The number of aromatic nitrogens is 6. The number of amides is 1. The molecule has 0 radical (unpaired) electrons. The fourth-order valence-electron chi connectivity index (χ4n) is 7.57. The molecule has 1 unspecified atom stereocenters. The van der Waals surface area contributed by atoms with Gasteiger partial charge in [0, 0.05) is 57.4 Å². The maximum absolute atomic E-state index is 15.8. The van der Waals surface area contributed by atoms with Crippen molar-refractivity contribution in [2.45, 2.75) is 49.9 Å². The van der Waals surface area contributed by atoms with Crippen LogP contribution in [-0.4, -0.2) is 92.6 Å². The van der Waals surface area contributed by atoms with Gasteiger partial charge in [-0.2, -0.15) is 10.2 Å². The van der Waals surface area contributed by atoms with Crippen LogP contribution in [0.2, 0.25) is 0 Å². The molecule has 4 aromatic rings. The first-order valence-corrected chi connectivity index (χ1v) is 18.1. The van der Waals surface area contributed by atoms with Crippen molar-refractivity contribution in [1.82, 2.24) is 29.5 Å². The monoisotopic (exact) mass is 728 g/mol. The van der Waals surface area contributed by atoms with Crippen LogP contribution in [0, 0.1) is 17.6 Å². The lowest BCUT2D eigenvalue weighted by molar-refractivity contribution is -0.818. The fourth-order valence-corrected chi connectivity index (χ4v) is 7.57. The van der Waals surface area contributed by atoms with Gasteiger partial charge in [-0.25, -0.2) is 23.5 Å². The molecule has 0 spiro atoms. The van der Waals surface area contributed by atoms with Crippen molar-refractivity contribution in [3.8, 4) is 0 Å². The molecule has 278 valence electrons. The Morgan fingerprint density at radius 2 is 1.30 bits per heavy atom. The number of fused-ring (bicyclic) bond motifs is 1. The van der Waals surface area contributed by atoms with Crippen LogP contribution in [0.15, 0.2) is 73.1 Å². The third kappa shape index (κ3) is 7.26. The van der Waals surface area contributed by atoms with Gasteiger partial charge in [0.25, 0.3) is 0 Å². The summed E-state index contributed by atoms with van der Waals surface area (Å²) in [6, 6.07) is 3.54. The number of ether oxygens (including phenoxy) is 2. The second-order valence-corrected chi connectivity index (χ2v) is 14.6. The Kier molecular flexibility index (Phi) is 9.43. The Morgan fingerprint density at radius 1 is 0.792 bits per heavy atom. The molecule has 1 atom stereocenters. The smallest absolute Gasteiger partial charge is 0.325 e. The van der Waals surface area contributed by atoms with Gasteiger partial charge in [0.1, 0.15) is 23.2 Å². The van der Waals surface area contributed by atoms with Crippen LogP contribution in [0.3, 0.4) is 0 Å². The van der Waals surface area contributed by atoms with Crippen molar-refractivity contribution in [3.63, 3.8) is 0 Å². The number of nitrogens with zero attached hydrogens (tertiary/aromatic N) is 7. The summed E-state index contributed by atoms with van der Waals surface area (Å²) in [6.07, 6.45) is 19.0. The summed E-state index contributed by atoms with van der Waals surface area (Å²) in [5, 5.41) is 22.1. The van der Waals surface area contributed by atoms with E-state index >= 15 is 8.78 Å². The van der Waals surface area contributed by atoms with Gasteiger partial charge in [-0.05, 0) is 37.3 Å². The van der Waals surface area contributed by atoms with E-state index in [0.717, 1.165) is 43.7 Å². The fraction of sp³-hybridized carbons (Fsp3) is 0.432. The zero-order chi connectivity index (χ0) is 36.6. The Morgan fingerprint density at radius 3 is 1.81 bits per heavy atom. The lowest BCUT2D eigenvalue weighted by Crippen LogP contribution is -2.64. The number of likely N-dealkylation sites (tertiary alicyclic amines) is 1.